The fourth-order valence-electron chi connectivity index (χ4n) is 10.7. The zero-order valence-electron chi connectivity index (χ0n) is 41.9. The number of carboxylic acid groups (broad SMARTS) is 2. The second kappa shape index (κ2) is 20.0. The second-order valence-electron chi connectivity index (χ2n) is 20.4. The maximum Gasteiger partial charge on any atom is 0.407 e. The number of aliphatic hydroxyl groups excluding tert-OH is 2. The third kappa shape index (κ3) is 9.76. The van der Waals surface area contributed by atoms with E-state index in [0.29, 0.717) is 69.6 Å². The third-order valence-corrected chi connectivity index (χ3v) is 14.9. The van der Waals surface area contributed by atoms with E-state index in [9.17, 15) is 28.8 Å². The van der Waals surface area contributed by atoms with Crippen molar-refractivity contribution in [2.45, 2.75) is 96.4 Å². The van der Waals surface area contributed by atoms with Crippen molar-refractivity contribution in [2.75, 3.05) is 20.8 Å². The first-order valence-corrected chi connectivity index (χ1v) is 24.6. The number of hydrogen-bond donors (Lipinski definition) is 8. The number of aliphatic carboxylic acids is 2. The first-order valence-electron chi connectivity index (χ1n) is 24.6. The first kappa shape index (κ1) is 52.4. The fourth-order valence-corrected chi connectivity index (χ4v) is 10.7. The average molecular weight is 1040 g/mol. The standard InChI is InChI=1S/C49H51F2N8O6.C4H6O6/c1-24(2)39(56-46(62)64-5)44(60)58-23-48(15-16-48)21-38(58)42-52-22-37(55-42)28-9-13-32-31-12-8-26(18-33(31)49(50,51)34(32)19-28)27-10-14-35-36(20-27)54-43(53-35)41-29-7-11-30(17-29)59(41)45(61)40(25(3)4)57-47(63)65-6;5-1(3(7)8)2(6)4(9)10/h8-10,12-14,18-20,22,24-25,29-30,40H,7,11,15-17,21,23H2,1-6H3,(H,52,55)(H,53,54)(H,56,62)(H,57,63);1-2,5-6H,(H,7,8)(H,9,10)/t29-,30+,40-;1-,2-/m00/s1. The molecule has 2 aromatic heterocycles. The molecule has 5 aliphatic rings. The van der Waals surface area contributed by atoms with Gasteiger partial charge in [0, 0.05) is 29.3 Å². The topological polar surface area (TPSA) is 290 Å². The normalized spacial score (nSPS) is 20.2. The molecule has 2 saturated heterocycles. The summed E-state index contributed by atoms with van der Waals surface area (Å²) < 4.78 is 42.9. The Morgan fingerprint density at radius 3 is 2.01 bits per heavy atom. The summed E-state index contributed by atoms with van der Waals surface area (Å²) in [6.07, 6.45) is 0.871. The van der Waals surface area contributed by atoms with Crippen LogP contribution in [0, 0.1) is 41.3 Å². The molecule has 3 aliphatic carbocycles. The Labute approximate surface area is 429 Å². The van der Waals surface area contributed by atoms with E-state index < -0.39 is 48.3 Å². The summed E-state index contributed by atoms with van der Waals surface area (Å²) in [5.41, 5.74) is 4.46. The maximum absolute atomic E-state index is 16.7. The van der Waals surface area contributed by atoms with Gasteiger partial charge in [0.1, 0.15) is 29.8 Å². The number of aromatic nitrogens is 4. The van der Waals surface area contributed by atoms with Crippen LogP contribution in [-0.4, -0.2) is 131 Å². The van der Waals surface area contributed by atoms with E-state index in [4.69, 9.17) is 34.9 Å². The largest absolute Gasteiger partial charge is 0.479 e. The van der Waals surface area contributed by atoms with Gasteiger partial charge in [-0.2, -0.15) is 8.78 Å². The van der Waals surface area contributed by atoms with Crippen LogP contribution in [0.15, 0.2) is 60.8 Å². The summed E-state index contributed by atoms with van der Waals surface area (Å²) >= 11 is 0. The summed E-state index contributed by atoms with van der Waals surface area (Å²) in [7, 11) is 2.52. The number of benzene rings is 3. The Morgan fingerprint density at radius 1 is 0.800 bits per heavy atom. The summed E-state index contributed by atoms with van der Waals surface area (Å²) in [6, 6.07) is 16.8. The molecule has 2 aliphatic heterocycles. The van der Waals surface area contributed by atoms with E-state index in [1.807, 2.05) is 56.9 Å². The quantitative estimate of drug-likeness (QED) is 0.0640. The smallest absolute Gasteiger partial charge is 0.407 e. The minimum Gasteiger partial charge on any atom is -0.479 e. The summed E-state index contributed by atoms with van der Waals surface area (Å²) in [5, 5.41) is 37.8. The SMILES string of the molecule is COC(=O)N[C](C(=O)N1CC2(CC2)C[C]1c1ncc(-c2ccc3c(c2)C(F)(F)c2cc(-c4ccc5nc([C]6[C@H]7CC[C@H](C7)N6C(=O)[C@@H](NC(=O)OC)C(C)C)[nH]c5c4)ccc2-3)[nH]1)C(C)C.O=C(O)[C@@H](O)[C@H](O)C(=O)O. The molecular formula is C53H57F2N8O12. The lowest BCUT2D eigenvalue weighted by Crippen LogP contribution is -2.54. The number of piperidine rings is 1. The molecule has 4 heterocycles. The molecule has 10 rings (SSSR count). The van der Waals surface area contributed by atoms with Crippen LogP contribution < -0.4 is 10.6 Å². The van der Waals surface area contributed by atoms with E-state index in [0.717, 1.165) is 43.7 Å². The Bertz CT molecular complexity index is 3060. The number of carboxylic acids is 2. The molecule has 2 bridgehead atoms. The van der Waals surface area contributed by atoms with Crippen molar-refractivity contribution in [3.8, 4) is 33.5 Å². The second-order valence-corrected chi connectivity index (χ2v) is 20.4. The van der Waals surface area contributed by atoms with E-state index in [1.54, 1.807) is 35.4 Å². The van der Waals surface area contributed by atoms with Gasteiger partial charge in [-0.1, -0.05) is 58.0 Å². The molecule has 20 nitrogen and oxygen atoms in total. The molecule has 4 fully saturated rings. The number of fused-ring (bicyclic) bond motifs is 6. The number of amides is 4. The predicted molar refractivity (Wildman–Crippen MR) is 263 cm³/mol. The van der Waals surface area contributed by atoms with Crippen molar-refractivity contribution in [1.29, 1.82) is 0 Å². The lowest BCUT2D eigenvalue weighted by molar-refractivity contribution is -0.165. The van der Waals surface area contributed by atoms with Gasteiger partial charge in [-0.3, -0.25) is 9.59 Å². The van der Waals surface area contributed by atoms with Gasteiger partial charge in [-0.05, 0) is 108 Å². The number of halogens is 2. The highest BCUT2D eigenvalue weighted by atomic mass is 19.3. The number of carbonyl (C=O) groups excluding carboxylic acids is 4. The molecule has 3 radical (unpaired) electrons. The minimum atomic E-state index is -3.30. The van der Waals surface area contributed by atoms with Gasteiger partial charge < -0.3 is 60.3 Å². The van der Waals surface area contributed by atoms with Gasteiger partial charge in [0.15, 0.2) is 18.2 Å². The summed E-state index contributed by atoms with van der Waals surface area (Å²) in [4.78, 5) is 91.6. The molecule has 3 aromatic carbocycles. The van der Waals surface area contributed by atoms with Crippen LogP contribution >= 0.6 is 0 Å². The van der Waals surface area contributed by atoms with Gasteiger partial charge in [0.2, 0.25) is 5.91 Å². The number of nitrogens with one attached hydrogen (secondary N) is 4. The number of alkyl carbamates (subject to hydrolysis) is 2. The monoisotopic (exact) mass is 1040 g/mol. The Morgan fingerprint density at radius 2 is 1.41 bits per heavy atom. The number of alkyl halides is 2. The van der Waals surface area contributed by atoms with Gasteiger partial charge in [0.05, 0.1) is 37.1 Å². The highest BCUT2D eigenvalue weighted by Crippen LogP contribution is 2.59. The number of ether oxygens (including phenoxy) is 2. The number of hydrogen-bond acceptors (Lipinski definition) is 12. The number of carbonyl (C=O) groups is 6. The van der Waals surface area contributed by atoms with E-state index >= 15 is 8.78 Å². The molecule has 5 aromatic rings. The van der Waals surface area contributed by atoms with Gasteiger partial charge >= 0.3 is 24.1 Å². The van der Waals surface area contributed by atoms with Crippen molar-refractivity contribution in [3.63, 3.8) is 0 Å². The third-order valence-electron chi connectivity index (χ3n) is 14.9. The molecular weight excluding hydrogens is 979 g/mol. The molecule has 4 amide bonds. The van der Waals surface area contributed by atoms with Crippen LogP contribution in [0.3, 0.4) is 0 Å². The van der Waals surface area contributed by atoms with Crippen LogP contribution in [0.2, 0.25) is 0 Å². The highest BCUT2D eigenvalue weighted by Gasteiger charge is 2.56. The maximum atomic E-state index is 16.7. The number of aliphatic hydroxyl groups is 2. The Hall–Kier alpha value is -7.46. The van der Waals surface area contributed by atoms with Gasteiger partial charge in [-0.25, -0.2) is 29.1 Å². The van der Waals surface area contributed by atoms with E-state index in [2.05, 4.69) is 25.6 Å². The molecule has 395 valence electrons. The van der Waals surface area contributed by atoms with Gasteiger partial charge in [-0.15, -0.1) is 0 Å². The van der Waals surface area contributed by atoms with E-state index in [-0.39, 0.29) is 58.2 Å². The lowest BCUT2D eigenvalue weighted by atomic mass is 9.95. The molecule has 2 saturated carbocycles. The molecule has 0 unspecified atom stereocenters. The Balaban J connectivity index is 0.000000626. The number of methoxy groups -OCH3 is 2. The van der Waals surface area contributed by atoms with Gasteiger partial charge in [0.25, 0.3) is 11.8 Å². The lowest BCUT2D eigenvalue weighted by Gasteiger charge is -2.36. The number of likely N-dealkylation sites (tertiary alicyclic amines) is 2. The summed E-state index contributed by atoms with van der Waals surface area (Å²) in [5.74, 6) is -6.62. The van der Waals surface area contributed by atoms with Crippen LogP contribution in [0.4, 0.5) is 18.4 Å². The zero-order chi connectivity index (χ0) is 54.0. The van der Waals surface area contributed by atoms with Crippen molar-refractivity contribution >= 4 is 47.0 Å². The van der Waals surface area contributed by atoms with E-state index in [1.165, 1.54) is 20.3 Å². The highest BCUT2D eigenvalue weighted by molar-refractivity contribution is 5.95. The van der Waals surface area contributed by atoms with Crippen molar-refractivity contribution < 1.29 is 67.4 Å². The molecule has 22 heteroatoms. The first-order chi connectivity index (χ1) is 35.6. The number of imidazole rings is 2. The van der Waals surface area contributed by atoms with Crippen LogP contribution in [0.5, 0.6) is 0 Å². The number of nitrogens with zero attached hydrogens (tertiary/aromatic N) is 4. The average Bonchev–Trinajstić information content (AvgIpc) is 4.10. The number of rotatable bonds is 13. The molecule has 8 N–H and O–H groups in total. The van der Waals surface area contributed by atoms with Crippen LogP contribution in [-0.2, 0) is 34.6 Å². The molecule has 75 heavy (non-hydrogen) atoms. The van der Waals surface area contributed by atoms with Crippen molar-refractivity contribution in [1.82, 2.24) is 40.4 Å². The molecule has 1 spiro atoms. The van der Waals surface area contributed by atoms with Crippen LogP contribution in [0.25, 0.3) is 44.5 Å². The number of aromatic amines is 2. The number of H-pyrrole nitrogens is 2. The summed E-state index contributed by atoms with van der Waals surface area (Å²) in [6.45, 7) is 7.91. The predicted octanol–water partition coefficient (Wildman–Crippen LogP) is 6.33. The van der Waals surface area contributed by atoms with Crippen LogP contribution in [0.1, 0.15) is 89.0 Å². The van der Waals surface area contributed by atoms with Crippen molar-refractivity contribution in [2.24, 2.45) is 23.2 Å². The Kier molecular flexibility index (Phi) is 14.0. The minimum absolute atomic E-state index is 0.00680. The zero-order valence-corrected chi connectivity index (χ0v) is 41.9. The fraction of sp³-hybridized carbons (Fsp3) is 0.415. The molecule has 5 atom stereocenters. The van der Waals surface area contributed by atoms with Crippen molar-refractivity contribution in [3.05, 3.63) is 102 Å².